The summed E-state index contributed by atoms with van der Waals surface area (Å²) in [5.74, 6) is 0.650. The monoisotopic (exact) mass is 221 g/mol. The van der Waals surface area contributed by atoms with Gasteiger partial charge in [-0.2, -0.15) is 0 Å². The van der Waals surface area contributed by atoms with E-state index < -0.39 is 0 Å². The van der Waals surface area contributed by atoms with Crippen LogP contribution < -0.4 is 0 Å². The number of alkyl halides is 1. The van der Waals surface area contributed by atoms with Crippen molar-refractivity contribution in [1.82, 2.24) is 4.98 Å². The van der Waals surface area contributed by atoms with E-state index in [9.17, 15) is 4.79 Å². The van der Waals surface area contributed by atoms with Gasteiger partial charge >= 0.3 is 0 Å². The first-order valence-electron chi connectivity index (χ1n) is 5.02. The van der Waals surface area contributed by atoms with Crippen molar-refractivity contribution in [3.8, 4) is 0 Å². The zero-order chi connectivity index (χ0) is 10.8. The van der Waals surface area contributed by atoms with Gasteiger partial charge in [-0.3, -0.25) is 9.78 Å². The van der Waals surface area contributed by atoms with Gasteiger partial charge in [0.25, 0.3) is 0 Å². The molecule has 0 aliphatic heterocycles. The van der Waals surface area contributed by atoms with Gasteiger partial charge in [-0.25, -0.2) is 0 Å². The average molecular weight is 222 g/mol. The molecule has 3 heteroatoms. The van der Waals surface area contributed by atoms with Crippen LogP contribution in [0.2, 0.25) is 0 Å². The second-order valence-corrected chi connectivity index (χ2v) is 3.91. The third-order valence-corrected chi connectivity index (χ3v) is 2.92. The van der Waals surface area contributed by atoms with Gasteiger partial charge in [-0.1, -0.05) is 13.0 Å². The third kappa shape index (κ3) is 1.95. The Balaban J connectivity index is 2.45. The molecule has 0 unspecified atom stereocenters. The average Bonchev–Trinajstić information content (AvgIpc) is 2.27. The summed E-state index contributed by atoms with van der Waals surface area (Å²) in [6, 6.07) is 1.97. The van der Waals surface area contributed by atoms with Crippen LogP contribution in [0.4, 0.5) is 0 Å². The molecule has 0 fully saturated rings. The largest absolute Gasteiger partial charge is 0.294 e. The maximum absolute atomic E-state index is 11.7. The number of carbonyl (C=O) groups is 1. The number of ketones is 1. The van der Waals surface area contributed by atoms with Crippen molar-refractivity contribution < 1.29 is 4.79 Å². The number of halogens is 1. The lowest BCUT2D eigenvalue weighted by molar-refractivity contribution is -0.115. The number of hydrogen-bond donors (Lipinski definition) is 0. The molecule has 0 bridgehead atoms. The molecular formula is C12H12ClNO. The number of rotatable bonds is 2. The van der Waals surface area contributed by atoms with E-state index in [1.54, 1.807) is 6.20 Å². The quantitative estimate of drug-likeness (QED) is 0.719. The molecule has 0 radical (unpaired) electrons. The van der Waals surface area contributed by atoms with Gasteiger partial charge in [0.2, 0.25) is 0 Å². The first-order chi connectivity index (χ1) is 7.24. The summed E-state index contributed by atoms with van der Waals surface area (Å²) in [6.07, 6.45) is 4.90. The van der Waals surface area contributed by atoms with E-state index in [1.165, 1.54) is 0 Å². The highest BCUT2D eigenvalue weighted by molar-refractivity contribution is 6.17. The molecule has 0 spiro atoms. The number of aromatic nitrogens is 1. The first-order valence-corrected chi connectivity index (χ1v) is 5.55. The van der Waals surface area contributed by atoms with Crippen molar-refractivity contribution in [3.05, 3.63) is 34.7 Å². The second-order valence-electron chi connectivity index (χ2n) is 3.64. The van der Waals surface area contributed by atoms with Crippen LogP contribution in [0.15, 0.2) is 17.8 Å². The van der Waals surface area contributed by atoms with Crippen LogP contribution in [-0.4, -0.2) is 10.8 Å². The molecule has 2 rings (SSSR count). The number of nitrogens with zero attached hydrogens (tertiary/aromatic N) is 1. The van der Waals surface area contributed by atoms with Gasteiger partial charge < -0.3 is 0 Å². The van der Waals surface area contributed by atoms with Gasteiger partial charge in [0.05, 0.1) is 5.69 Å². The third-order valence-electron chi connectivity index (χ3n) is 2.61. The van der Waals surface area contributed by atoms with Crippen LogP contribution in [0.5, 0.6) is 0 Å². The summed E-state index contributed by atoms with van der Waals surface area (Å²) >= 11 is 5.72. The Labute approximate surface area is 94.0 Å². The van der Waals surface area contributed by atoms with Crippen LogP contribution >= 0.6 is 11.6 Å². The standard InChI is InChI=1S/C12H12ClNO/c1-2-9-4-11-10(5-12(9)15)3-8(6-13)7-14-11/h3-4,7H,2,5-6H2,1H3. The predicted octanol–water partition coefficient (Wildman–Crippen LogP) is 2.74. The zero-order valence-electron chi connectivity index (χ0n) is 8.59. The van der Waals surface area contributed by atoms with Crippen LogP contribution in [0, 0.1) is 0 Å². The molecule has 2 nitrogen and oxygen atoms in total. The fourth-order valence-electron chi connectivity index (χ4n) is 1.75. The second kappa shape index (κ2) is 4.15. The molecule has 0 saturated heterocycles. The summed E-state index contributed by atoms with van der Waals surface area (Å²) in [6.45, 7) is 1.99. The zero-order valence-corrected chi connectivity index (χ0v) is 9.34. The molecule has 0 amide bonds. The highest BCUT2D eigenvalue weighted by atomic mass is 35.5. The summed E-state index contributed by atoms with van der Waals surface area (Å²) in [4.78, 5) is 16.0. The Morgan fingerprint density at radius 2 is 2.33 bits per heavy atom. The number of allylic oxidation sites excluding steroid dienone is 1. The maximum atomic E-state index is 11.7. The van der Waals surface area contributed by atoms with Crippen molar-refractivity contribution in [3.63, 3.8) is 0 Å². The SMILES string of the molecule is CCC1=Cc2ncc(CCl)cc2CC1=O. The molecule has 0 N–H and O–H groups in total. The summed E-state index contributed by atoms with van der Waals surface area (Å²) < 4.78 is 0. The van der Waals surface area contributed by atoms with Gasteiger partial charge in [0.15, 0.2) is 5.78 Å². The minimum Gasteiger partial charge on any atom is -0.294 e. The predicted molar refractivity (Wildman–Crippen MR) is 60.8 cm³/mol. The molecule has 0 atom stereocenters. The van der Waals surface area contributed by atoms with Crippen LogP contribution in [0.1, 0.15) is 30.2 Å². The van der Waals surface area contributed by atoms with Crippen LogP contribution in [-0.2, 0) is 17.1 Å². The van der Waals surface area contributed by atoms with E-state index in [-0.39, 0.29) is 5.78 Å². The molecule has 1 aliphatic carbocycles. The normalized spacial score (nSPS) is 14.8. The van der Waals surface area contributed by atoms with Gasteiger partial charge in [-0.15, -0.1) is 11.6 Å². The van der Waals surface area contributed by atoms with Crippen molar-refractivity contribution in [2.45, 2.75) is 25.6 Å². The van der Waals surface area contributed by atoms with Crippen LogP contribution in [0.3, 0.4) is 0 Å². The Morgan fingerprint density at radius 3 is 3.00 bits per heavy atom. The Morgan fingerprint density at radius 1 is 1.53 bits per heavy atom. The molecule has 0 aromatic carbocycles. The molecule has 15 heavy (non-hydrogen) atoms. The van der Waals surface area contributed by atoms with Crippen molar-refractivity contribution in [2.24, 2.45) is 0 Å². The van der Waals surface area contributed by atoms with E-state index >= 15 is 0 Å². The Bertz CT molecular complexity index is 437. The fourth-order valence-corrected chi connectivity index (χ4v) is 1.89. The highest BCUT2D eigenvalue weighted by Gasteiger charge is 2.17. The topological polar surface area (TPSA) is 30.0 Å². The number of carbonyl (C=O) groups excluding carboxylic acids is 1. The minimum absolute atomic E-state index is 0.207. The lowest BCUT2D eigenvalue weighted by Crippen LogP contribution is -2.13. The van der Waals surface area contributed by atoms with Crippen molar-refractivity contribution in [2.75, 3.05) is 0 Å². The number of pyridine rings is 1. The lowest BCUT2D eigenvalue weighted by Gasteiger charge is -2.14. The highest BCUT2D eigenvalue weighted by Crippen LogP contribution is 2.22. The van der Waals surface area contributed by atoms with E-state index in [2.05, 4.69) is 4.98 Å². The smallest absolute Gasteiger partial charge is 0.163 e. The molecule has 1 aliphatic rings. The Hall–Kier alpha value is -1.15. The summed E-state index contributed by atoms with van der Waals surface area (Å²) in [5, 5.41) is 0. The molecule has 1 aromatic rings. The fraction of sp³-hybridized carbons (Fsp3) is 0.333. The lowest BCUT2D eigenvalue weighted by atomic mass is 9.92. The van der Waals surface area contributed by atoms with Gasteiger partial charge in [0, 0.05) is 18.5 Å². The van der Waals surface area contributed by atoms with Crippen molar-refractivity contribution in [1.29, 1.82) is 0 Å². The van der Waals surface area contributed by atoms with E-state index in [1.807, 2.05) is 19.1 Å². The van der Waals surface area contributed by atoms with E-state index in [4.69, 9.17) is 11.6 Å². The molecule has 1 heterocycles. The number of hydrogen-bond acceptors (Lipinski definition) is 2. The van der Waals surface area contributed by atoms with Gasteiger partial charge in [-0.05, 0) is 29.2 Å². The maximum Gasteiger partial charge on any atom is 0.163 e. The number of fused-ring (bicyclic) bond motifs is 1. The van der Waals surface area contributed by atoms with Crippen molar-refractivity contribution >= 4 is 23.5 Å². The summed E-state index contributed by atoms with van der Waals surface area (Å²) in [5.41, 5.74) is 3.75. The molecule has 1 aromatic heterocycles. The van der Waals surface area contributed by atoms with E-state index in [0.717, 1.165) is 28.8 Å². The van der Waals surface area contributed by atoms with E-state index in [0.29, 0.717) is 12.3 Å². The van der Waals surface area contributed by atoms with Crippen LogP contribution in [0.25, 0.3) is 6.08 Å². The van der Waals surface area contributed by atoms with Gasteiger partial charge in [0.1, 0.15) is 0 Å². The molecule has 78 valence electrons. The minimum atomic E-state index is 0.207. The molecular weight excluding hydrogens is 210 g/mol. The molecule has 0 saturated carbocycles. The number of Topliss-reactive ketones (excluding diaryl/α,β-unsaturated/α-hetero) is 1. The summed E-state index contributed by atoms with van der Waals surface area (Å²) in [7, 11) is 0. The first kappa shape index (κ1) is 10.4. The Kier molecular flexibility index (Phi) is 2.87.